The van der Waals surface area contributed by atoms with E-state index in [1.807, 2.05) is 11.8 Å². The molecule has 4 heteroatoms. The van der Waals surface area contributed by atoms with Crippen LogP contribution in [0.2, 0.25) is 0 Å². The minimum Gasteiger partial charge on any atom is -0.450 e. The van der Waals surface area contributed by atoms with Gasteiger partial charge in [-0.05, 0) is 26.3 Å². The van der Waals surface area contributed by atoms with Crippen LogP contribution in [0, 0.1) is 13.8 Å². The van der Waals surface area contributed by atoms with Crippen molar-refractivity contribution in [2.24, 2.45) is 0 Å². The fourth-order valence-electron chi connectivity index (χ4n) is 2.66. The molecule has 0 atom stereocenters. The molecule has 1 saturated heterocycles. The standard InChI is InChI=1S/C16H24N2O2/c1-4-20-16(19)18-9-7-17(8-10-18)12-15-11-13(2)5-6-14(15)3/h5-6,11H,4,7-10,12H2,1-3H3/p+1. The Bertz CT molecular complexity index is 466. The first kappa shape index (κ1) is 14.9. The molecule has 0 unspecified atom stereocenters. The molecule has 1 aliphatic rings. The molecule has 20 heavy (non-hydrogen) atoms. The number of benzene rings is 1. The summed E-state index contributed by atoms with van der Waals surface area (Å²) >= 11 is 0. The average Bonchev–Trinajstić information content (AvgIpc) is 2.44. The molecule has 1 fully saturated rings. The second-order valence-corrected chi connectivity index (χ2v) is 5.54. The monoisotopic (exact) mass is 277 g/mol. The Labute approximate surface area is 121 Å². The van der Waals surface area contributed by atoms with Gasteiger partial charge < -0.3 is 9.64 Å². The Hall–Kier alpha value is -1.55. The molecule has 0 spiro atoms. The molecule has 1 aromatic rings. The largest absolute Gasteiger partial charge is 0.450 e. The van der Waals surface area contributed by atoms with Gasteiger partial charge in [-0.15, -0.1) is 0 Å². The first-order chi connectivity index (χ1) is 9.60. The van der Waals surface area contributed by atoms with E-state index in [0.717, 1.165) is 32.7 Å². The number of hydrogen-bond donors (Lipinski definition) is 1. The van der Waals surface area contributed by atoms with Crippen LogP contribution in [0.5, 0.6) is 0 Å². The summed E-state index contributed by atoms with van der Waals surface area (Å²) in [7, 11) is 0. The zero-order valence-electron chi connectivity index (χ0n) is 12.7. The Morgan fingerprint density at radius 1 is 1.30 bits per heavy atom. The first-order valence-electron chi connectivity index (χ1n) is 7.41. The van der Waals surface area contributed by atoms with Gasteiger partial charge in [-0.2, -0.15) is 0 Å². The molecule has 1 N–H and O–H groups in total. The summed E-state index contributed by atoms with van der Waals surface area (Å²) in [4.78, 5) is 15.0. The minimum absolute atomic E-state index is 0.168. The molecule has 0 radical (unpaired) electrons. The number of carbonyl (C=O) groups excluding carboxylic acids is 1. The van der Waals surface area contributed by atoms with Gasteiger partial charge in [0.1, 0.15) is 6.54 Å². The predicted octanol–water partition coefficient (Wildman–Crippen LogP) is 1.16. The van der Waals surface area contributed by atoms with Crippen LogP contribution in [-0.2, 0) is 11.3 Å². The van der Waals surface area contributed by atoms with E-state index < -0.39 is 0 Å². The lowest BCUT2D eigenvalue weighted by Crippen LogP contribution is -3.13. The smallest absolute Gasteiger partial charge is 0.410 e. The summed E-state index contributed by atoms with van der Waals surface area (Å²) in [5.41, 5.74) is 4.09. The lowest BCUT2D eigenvalue weighted by molar-refractivity contribution is -0.917. The fourth-order valence-corrected chi connectivity index (χ4v) is 2.66. The molecule has 0 saturated carbocycles. The predicted molar refractivity (Wildman–Crippen MR) is 78.9 cm³/mol. The number of rotatable bonds is 3. The van der Waals surface area contributed by atoms with Crippen molar-refractivity contribution in [3.05, 3.63) is 34.9 Å². The van der Waals surface area contributed by atoms with Crippen LogP contribution in [0.25, 0.3) is 0 Å². The molecular formula is C16H25N2O2+. The maximum atomic E-state index is 11.7. The Morgan fingerprint density at radius 3 is 2.65 bits per heavy atom. The van der Waals surface area contributed by atoms with Crippen molar-refractivity contribution in [3.63, 3.8) is 0 Å². The van der Waals surface area contributed by atoms with Crippen LogP contribution in [0.3, 0.4) is 0 Å². The summed E-state index contributed by atoms with van der Waals surface area (Å²) in [5.74, 6) is 0. The second kappa shape index (κ2) is 6.75. The fraction of sp³-hybridized carbons (Fsp3) is 0.562. The molecule has 0 aromatic heterocycles. The zero-order valence-corrected chi connectivity index (χ0v) is 12.7. The molecule has 1 heterocycles. The van der Waals surface area contributed by atoms with Gasteiger partial charge >= 0.3 is 6.09 Å². The first-order valence-corrected chi connectivity index (χ1v) is 7.41. The van der Waals surface area contributed by atoms with Gasteiger partial charge in [0.15, 0.2) is 0 Å². The highest BCUT2D eigenvalue weighted by Crippen LogP contribution is 2.09. The number of quaternary nitrogens is 1. The molecule has 2 rings (SSSR count). The molecule has 0 aliphatic carbocycles. The number of ether oxygens (including phenoxy) is 1. The number of hydrogen-bond acceptors (Lipinski definition) is 2. The van der Waals surface area contributed by atoms with E-state index in [0.29, 0.717) is 6.61 Å². The van der Waals surface area contributed by atoms with E-state index in [-0.39, 0.29) is 6.09 Å². The van der Waals surface area contributed by atoms with Crippen molar-refractivity contribution < 1.29 is 14.4 Å². The number of carbonyl (C=O) groups is 1. The van der Waals surface area contributed by atoms with Crippen LogP contribution in [-0.4, -0.2) is 43.8 Å². The van der Waals surface area contributed by atoms with Crippen LogP contribution >= 0.6 is 0 Å². The van der Waals surface area contributed by atoms with Gasteiger partial charge in [-0.25, -0.2) is 4.79 Å². The summed E-state index contributed by atoms with van der Waals surface area (Å²) in [6.45, 7) is 11.2. The van der Waals surface area contributed by atoms with E-state index in [1.54, 1.807) is 4.90 Å². The third kappa shape index (κ3) is 3.73. The van der Waals surface area contributed by atoms with Crippen molar-refractivity contribution in [2.45, 2.75) is 27.3 Å². The van der Waals surface area contributed by atoms with Crippen molar-refractivity contribution in [1.29, 1.82) is 0 Å². The Morgan fingerprint density at radius 2 is 2.00 bits per heavy atom. The van der Waals surface area contributed by atoms with Gasteiger partial charge in [0.2, 0.25) is 0 Å². The van der Waals surface area contributed by atoms with E-state index in [9.17, 15) is 4.79 Å². The third-order valence-corrected chi connectivity index (χ3v) is 3.94. The minimum atomic E-state index is -0.168. The van der Waals surface area contributed by atoms with Gasteiger partial charge in [0, 0.05) is 5.56 Å². The van der Waals surface area contributed by atoms with Crippen molar-refractivity contribution in [1.82, 2.24) is 4.90 Å². The van der Waals surface area contributed by atoms with Gasteiger partial charge in [0.05, 0.1) is 32.8 Å². The highest BCUT2D eigenvalue weighted by Gasteiger charge is 2.24. The Balaban J connectivity index is 1.88. The lowest BCUT2D eigenvalue weighted by Gasteiger charge is -2.31. The van der Waals surface area contributed by atoms with E-state index in [2.05, 4.69) is 32.0 Å². The van der Waals surface area contributed by atoms with Crippen LogP contribution in [0.15, 0.2) is 18.2 Å². The molecule has 4 nitrogen and oxygen atoms in total. The molecule has 1 amide bonds. The van der Waals surface area contributed by atoms with E-state index >= 15 is 0 Å². The number of aryl methyl sites for hydroxylation is 2. The SMILES string of the molecule is CCOC(=O)N1CC[NH+](Cc2cc(C)ccc2C)CC1. The summed E-state index contributed by atoms with van der Waals surface area (Å²) in [6.07, 6.45) is -0.168. The van der Waals surface area contributed by atoms with Gasteiger partial charge in [-0.3, -0.25) is 4.90 Å². The number of amides is 1. The van der Waals surface area contributed by atoms with Crippen molar-refractivity contribution >= 4 is 6.09 Å². The zero-order chi connectivity index (χ0) is 14.5. The average molecular weight is 277 g/mol. The summed E-state index contributed by atoms with van der Waals surface area (Å²) in [5, 5.41) is 0. The van der Waals surface area contributed by atoms with Crippen LogP contribution in [0.1, 0.15) is 23.6 Å². The quantitative estimate of drug-likeness (QED) is 0.899. The highest BCUT2D eigenvalue weighted by atomic mass is 16.6. The van der Waals surface area contributed by atoms with Crippen molar-refractivity contribution in [3.8, 4) is 0 Å². The topological polar surface area (TPSA) is 34.0 Å². The number of nitrogens with one attached hydrogen (secondary N) is 1. The van der Waals surface area contributed by atoms with Gasteiger partial charge in [-0.1, -0.05) is 23.8 Å². The van der Waals surface area contributed by atoms with Crippen LogP contribution in [0.4, 0.5) is 4.79 Å². The molecular weight excluding hydrogens is 252 g/mol. The van der Waals surface area contributed by atoms with E-state index in [1.165, 1.54) is 16.7 Å². The molecule has 1 aliphatic heterocycles. The van der Waals surface area contributed by atoms with Gasteiger partial charge in [0.25, 0.3) is 0 Å². The number of nitrogens with zero attached hydrogens (tertiary/aromatic N) is 1. The second-order valence-electron chi connectivity index (χ2n) is 5.54. The Kier molecular flexibility index (Phi) is 5.01. The molecule has 110 valence electrons. The van der Waals surface area contributed by atoms with Crippen molar-refractivity contribution in [2.75, 3.05) is 32.8 Å². The molecule has 1 aromatic carbocycles. The number of piperazine rings is 1. The third-order valence-electron chi connectivity index (χ3n) is 3.94. The highest BCUT2D eigenvalue weighted by molar-refractivity contribution is 5.67. The maximum Gasteiger partial charge on any atom is 0.410 e. The molecule has 0 bridgehead atoms. The summed E-state index contributed by atoms with van der Waals surface area (Å²) in [6, 6.07) is 6.63. The lowest BCUT2D eigenvalue weighted by atomic mass is 10.0. The summed E-state index contributed by atoms with van der Waals surface area (Å²) < 4.78 is 5.05. The van der Waals surface area contributed by atoms with E-state index in [4.69, 9.17) is 4.74 Å². The normalized spacial score (nSPS) is 16.2. The maximum absolute atomic E-state index is 11.7. The van der Waals surface area contributed by atoms with Crippen LogP contribution < -0.4 is 4.90 Å².